The zero-order valence-corrected chi connectivity index (χ0v) is 25.3. The predicted octanol–water partition coefficient (Wildman–Crippen LogP) is 2.42. The van der Waals surface area contributed by atoms with Gasteiger partial charge in [0.1, 0.15) is 23.5 Å². The van der Waals surface area contributed by atoms with Crippen molar-refractivity contribution in [1.29, 1.82) is 5.26 Å². The lowest BCUT2D eigenvalue weighted by molar-refractivity contribution is -0.193. The first kappa shape index (κ1) is 32.0. The number of alkyl halides is 3. The van der Waals surface area contributed by atoms with Gasteiger partial charge < -0.3 is 25.6 Å². The summed E-state index contributed by atoms with van der Waals surface area (Å²) in [4.78, 5) is 54.1. The standard InChI is InChI=1S/C29H42F3N5O5/c1-25(2,3)42-14-18(35-24(41)28(8-9-28)29(30,31)32)23(40)37-13-17-19(27(17,6)7)20(37)22(39)34-16(12-33)10-15-11-26(4,5)36-21(15)38/h15-20H,8-11,13-14H2,1-7H3,(H,34,39)(H,35,41)(H,36,38)/t15-,16+,17+,18+,19+,20+/m1/s1. The molecule has 6 atom stereocenters. The second-order valence-electron chi connectivity index (χ2n) is 14.6. The van der Waals surface area contributed by atoms with Gasteiger partial charge in [-0.25, -0.2) is 0 Å². The molecule has 4 aliphatic rings. The van der Waals surface area contributed by atoms with Crippen LogP contribution in [-0.2, 0) is 23.9 Å². The number of likely N-dealkylation sites (tertiary alicyclic amines) is 1. The maximum Gasteiger partial charge on any atom is 0.403 e. The van der Waals surface area contributed by atoms with Gasteiger partial charge in [-0.05, 0) is 77.6 Å². The first-order valence-electron chi connectivity index (χ1n) is 14.5. The summed E-state index contributed by atoms with van der Waals surface area (Å²) in [6.45, 7) is 12.6. The fourth-order valence-electron chi connectivity index (χ4n) is 6.65. The molecule has 3 N–H and O–H groups in total. The van der Waals surface area contributed by atoms with Crippen LogP contribution in [0.4, 0.5) is 13.2 Å². The monoisotopic (exact) mass is 597 g/mol. The number of nitrogens with zero attached hydrogens (tertiary/aromatic N) is 2. The third-order valence-electron chi connectivity index (χ3n) is 9.36. The fourth-order valence-corrected chi connectivity index (χ4v) is 6.65. The first-order valence-corrected chi connectivity index (χ1v) is 14.5. The Morgan fingerprint density at radius 1 is 1.14 bits per heavy atom. The van der Waals surface area contributed by atoms with Crippen molar-refractivity contribution in [2.45, 2.75) is 110 Å². The van der Waals surface area contributed by atoms with Crippen LogP contribution in [0.25, 0.3) is 0 Å². The van der Waals surface area contributed by atoms with Gasteiger partial charge in [-0.15, -0.1) is 0 Å². The van der Waals surface area contributed by atoms with Gasteiger partial charge in [0, 0.05) is 18.0 Å². The molecule has 0 radical (unpaired) electrons. The highest BCUT2D eigenvalue weighted by molar-refractivity contribution is 5.95. The highest BCUT2D eigenvalue weighted by atomic mass is 19.4. The number of carbonyl (C=O) groups excluding carboxylic acids is 4. The summed E-state index contributed by atoms with van der Waals surface area (Å²) < 4.78 is 46.7. The molecule has 4 rings (SSSR count). The second kappa shape index (κ2) is 10.4. The zero-order chi connectivity index (χ0) is 31.6. The first-order chi connectivity index (χ1) is 19.1. The number of halogens is 3. The van der Waals surface area contributed by atoms with Crippen LogP contribution in [0.5, 0.6) is 0 Å². The third-order valence-corrected chi connectivity index (χ3v) is 9.36. The van der Waals surface area contributed by atoms with Crippen molar-refractivity contribution in [3.05, 3.63) is 0 Å². The second-order valence-corrected chi connectivity index (χ2v) is 14.6. The van der Waals surface area contributed by atoms with E-state index in [1.54, 1.807) is 20.8 Å². The summed E-state index contributed by atoms with van der Waals surface area (Å²) in [6.07, 6.45) is -4.87. The van der Waals surface area contributed by atoms with Crippen LogP contribution in [0, 0.1) is 39.9 Å². The minimum absolute atomic E-state index is 0.0380. The molecule has 4 amide bonds. The number of nitrogens with one attached hydrogen (secondary N) is 3. The maximum atomic E-state index is 13.9. The van der Waals surface area contributed by atoms with E-state index in [2.05, 4.69) is 16.0 Å². The van der Waals surface area contributed by atoms with E-state index in [1.165, 1.54) is 4.90 Å². The van der Waals surface area contributed by atoms with E-state index in [0.29, 0.717) is 6.42 Å². The maximum absolute atomic E-state index is 13.9. The summed E-state index contributed by atoms with van der Waals surface area (Å²) in [6, 6.07) is -1.37. The lowest BCUT2D eigenvalue weighted by Crippen LogP contribution is -2.59. The van der Waals surface area contributed by atoms with Crippen molar-refractivity contribution in [1.82, 2.24) is 20.9 Å². The Balaban J connectivity index is 1.53. The lowest BCUT2D eigenvalue weighted by atomic mass is 9.91. The Morgan fingerprint density at radius 3 is 2.24 bits per heavy atom. The molecule has 0 aromatic rings. The SMILES string of the molecule is CC1(C)C[C@@H](C[C@@H](C#N)NC(=O)[C@@H]2[C@@H]3[C@H](CN2C(=O)[C@H](COC(C)(C)C)NC(=O)C2(C(F)(F)F)CC2)C3(C)C)C(=O)N1. The van der Waals surface area contributed by atoms with E-state index in [0.717, 1.165) is 0 Å². The van der Waals surface area contributed by atoms with Crippen molar-refractivity contribution >= 4 is 23.6 Å². The number of amides is 4. The van der Waals surface area contributed by atoms with Crippen LogP contribution in [-0.4, -0.2) is 77.1 Å². The molecular weight excluding hydrogens is 555 g/mol. The number of hydrogen-bond acceptors (Lipinski definition) is 6. The van der Waals surface area contributed by atoms with Crippen LogP contribution < -0.4 is 16.0 Å². The van der Waals surface area contributed by atoms with Gasteiger partial charge in [-0.2, -0.15) is 18.4 Å². The van der Waals surface area contributed by atoms with Crippen LogP contribution in [0.2, 0.25) is 0 Å². The van der Waals surface area contributed by atoms with Crippen molar-refractivity contribution in [2.24, 2.45) is 28.6 Å². The highest BCUT2D eigenvalue weighted by Crippen LogP contribution is 2.65. The molecule has 2 saturated heterocycles. The molecule has 0 aromatic heterocycles. The van der Waals surface area contributed by atoms with Gasteiger partial charge in [0.25, 0.3) is 0 Å². The van der Waals surface area contributed by atoms with Gasteiger partial charge in [-0.1, -0.05) is 13.8 Å². The van der Waals surface area contributed by atoms with E-state index >= 15 is 0 Å². The fraction of sp³-hybridized carbons (Fsp3) is 0.828. The average molecular weight is 598 g/mol. The Kier molecular flexibility index (Phi) is 7.92. The molecule has 0 bridgehead atoms. The van der Waals surface area contributed by atoms with Crippen molar-refractivity contribution < 1.29 is 37.1 Å². The van der Waals surface area contributed by atoms with E-state index in [9.17, 15) is 37.6 Å². The van der Waals surface area contributed by atoms with E-state index in [1.807, 2.05) is 33.8 Å². The van der Waals surface area contributed by atoms with Crippen LogP contribution >= 0.6 is 0 Å². The Morgan fingerprint density at radius 2 is 1.76 bits per heavy atom. The number of rotatable bonds is 9. The summed E-state index contributed by atoms with van der Waals surface area (Å²) in [5.41, 5.74) is -3.98. The molecule has 2 aliphatic carbocycles. The molecule has 0 unspecified atom stereocenters. The quantitative estimate of drug-likeness (QED) is 0.373. The molecule has 0 aromatic carbocycles. The number of nitriles is 1. The summed E-state index contributed by atoms with van der Waals surface area (Å²) in [7, 11) is 0. The number of hydrogen-bond donors (Lipinski definition) is 3. The number of ether oxygens (including phenoxy) is 1. The average Bonchev–Trinajstić information content (AvgIpc) is 3.66. The minimum atomic E-state index is -4.75. The van der Waals surface area contributed by atoms with Crippen LogP contribution in [0.3, 0.4) is 0 Å². The van der Waals surface area contributed by atoms with Crippen molar-refractivity contribution in [2.75, 3.05) is 13.2 Å². The molecule has 4 fully saturated rings. The van der Waals surface area contributed by atoms with Crippen LogP contribution in [0.1, 0.15) is 74.1 Å². The summed E-state index contributed by atoms with van der Waals surface area (Å²) >= 11 is 0. The summed E-state index contributed by atoms with van der Waals surface area (Å²) in [5.74, 6) is -3.49. The number of piperidine rings is 1. The van der Waals surface area contributed by atoms with E-state index in [4.69, 9.17) is 4.74 Å². The molecule has 234 valence electrons. The number of carbonyl (C=O) groups is 4. The Bertz CT molecular complexity index is 1180. The van der Waals surface area contributed by atoms with Gasteiger partial charge in [0.05, 0.1) is 18.3 Å². The van der Waals surface area contributed by atoms with Crippen LogP contribution in [0.15, 0.2) is 0 Å². The van der Waals surface area contributed by atoms with E-state index in [-0.39, 0.29) is 55.6 Å². The van der Waals surface area contributed by atoms with Crippen molar-refractivity contribution in [3.63, 3.8) is 0 Å². The Labute approximate surface area is 244 Å². The smallest absolute Gasteiger partial charge is 0.373 e. The predicted molar refractivity (Wildman–Crippen MR) is 144 cm³/mol. The molecule has 2 heterocycles. The topological polar surface area (TPSA) is 141 Å². The molecular formula is C29H42F3N5O5. The largest absolute Gasteiger partial charge is 0.403 e. The van der Waals surface area contributed by atoms with Gasteiger partial charge in [0.15, 0.2) is 0 Å². The third kappa shape index (κ3) is 6.10. The molecule has 42 heavy (non-hydrogen) atoms. The molecule has 13 heteroatoms. The van der Waals surface area contributed by atoms with Gasteiger partial charge in [-0.3, -0.25) is 19.2 Å². The summed E-state index contributed by atoms with van der Waals surface area (Å²) in [5, 5.41) is 17.7. The lowest BCUT2D eigenvalue weighted by Gasteiger charge is -2.34. The molecule has 2 aliphatic heterocycles. The molecule has 10 nitrogen and oxygen atoms in total. The number of fused-ring (bicyclic) bond motifs is 1. The highest BCUT2D eigenvalue weighted by Gasteiger charge is 2.71. The zero-order valence-electron chi connectivity index (χ0n) is 25.3. The van der Waals surface area contributed by atoms with E-state index < -0.39 is 64.5 Å². The minimum Gasteiger partial charge on any atom is -0.373 e. The molecule has 2 saturated carbocycles. The Hall–Kier alpha value is -2.88. The van der Waals surface area contributed by atoms with Gasteiger partial charge in [0.2, 0.25) is 23.6 Å². The van der Waals surface area contributed by atoms with Crippen molar-refractivity contribution in [3.8, 4) is 6.07 Å². The van der Waals surface area contributed by atoms with Gasteiger partial charge >= 0.3 is 6.18 Å². The normalized spacial score (nSPS) is 29.9. The molecule has 0 spiro atoms.